The zero-order valence-corrected chi connectivity index (χ0v) is 11.8. The van der Waals surface area contributed by atoms with Crippen LogP contribution < -0.4 is 0 Å². The van der Waals surface area contributed by atoms with Gasteiger partial charge in [-0.2, -0.15) is 4.31 Å². The number of rotatable bonds is 4. The zero-order chi connectivity index (χ0) is 13.9. The molecule has 2 aromatic heterocycles. The molecule has 0 aliphatic carbocycles. The van der Waals surface area contributed by atoms with E-state index < -0.39 is 10.0 Å². The Labute approximate surface area is 116 Å². The number of nitrogens with zero attached hydrogens (tertiary/aromatic N) is 3. The van der Waals surface area contributed by atoms with E-state index in [-0.39, 0.29) is 16.5 Å². The highest BCUT2D eigenvalue weighted by Crippen LogP contribution is 2.23. The Morgan fingerprint density at radius 2 is 2.05 bits per heavy atom. The second-order valence-electron chi connectivity index (χ2n) is 3.89. The van der Waals surface area contributed by atoms with Crippen molar-refractivity contribution in [2.75, 3.05) is 7.05 Å². The number of hydrogen-bond donors (Lipinski definition) is 0. The van der Waals surface area contributed by atoms with E-state index in [0.717, 1.165) is 0 Å². The van der Waals surface area contributed by atoms with Gasteiger partial charge in [-0.25, -0.2) is 8.42 Å². The fourth-order valence-corrected chi connectivity index (χ4v) is 3.07. The first-order valence-electron chi connectivity index (χ1n) is 5.47. The second kappa shape index (κ2) is 5.64. The summed E-state index contributed by atoms with van der Waals surface area (Å²) in [5, 5.41) is 0.155. The molecule has 0 saturated carbocycles. The maximum absolute atomic E-state index is 12.3. The van der Waals surface area contributed by atoms with Crippen LogP contribution in [0.2, 0.25) is 5.02 Å². The monoisotopic (exact) mass is 297 g/mol. The minimum atomic E-state index is -3.67. The molecular weight excluding hydrogens is 286 g/mol. The summed E-state index contributed by atoms with van der Waals surface area (Å²) in [6, 6.07) is 6.79. The van der Waals surface area contributed by atoms with Gasteiger partial charge in [-0.3, -0.25) is 9.97 Å². The Morgan fingerprint density at radius 1 is 1.26 bits per heavy atom. The van der Waals surface area contributed by atoms with E-state index in [0.29, 0.717) is 5.69 Å². The smallest absolute Gasteiger partial charge is 0.246 e. The van der Waals surface area contributed by atoms with Crippen LogP contribution in [0.3, 0.4) is 0 Å². The molecule has 0 unspecified atom stereocenters. The molecule has 0 saturated heterocycles. The molecule has 0 aliphatic heterocycles. The maximum atomic E-state index is 12.3. The molecule has 0 aliphatic rings. The van der Waals surface area contributed by atoms with Crippen LogP contribution in [0, 0.1) is 0 Å². The summed E-state index contributed by atoms with van der Waals surface area (Å²) in [4.78, 5) is 7.88. The van der Waals surface area contributed by atoms with Gasteiger partial charge in [-0.1, -0.05) is 17.7 Å². The van der Waals surface area contributed by atoms with Gasteiger partial charge in [-0.05, 0) is 18.2 Å². The fourth-order valence-electron chi connectivity index (χ4n) is 1.53. The molecule has 0 atom stereocenters. The van der Waals surface area contributed by atoms with Gasteiger partial charge in [0.2, 0.25) is 10.0 Å². The standard InChI is InChI=1S/C12H12ClN3O2S/c1-16(9-10-4-2-3-6-15-10)19(17,18)12-8-14-7-5-11(12)13/h2-8H,9H2,1H3. The third-order valence-electron chi connectivity index (χ3n) is 2.53. The van der Waals surface area contributed by atoms with E-state index in [4.69, 9.17) is 11.6 Å². The van der Waals surface area contributed by atoms with E-state index in [2.05, 4.69) is 9.97 Å². The van der Waals surface area contributed by atoms with Crippen LogP contribution in [-0.4, -0.2) is 29.7 Å². The van der Waals surface area contributed by atoms with Crippen LogP contribution in [0.5, 0.6) is 0 Å². The number of hydrogen-bond acceptors (Lipinski definition) is 4. The predicted molar refractivity (Wildman–Crippen MR) is 72.1 cm³/mol. The van der Waals surface area contributed by atoms with Gasteiger partial charge in [0.05, 0.1) is 17.3 Å². The molecule has 2 rings (SSSR count). The highest BCUT2D eigenvalue weighted by Gasteiger charge is 2.24. The van der Waals surface area contributed by atoms with Crippen molar-refractivity contribution in [3.05, 3.63) is 53.6 Å². The molecule has 7 heteroatoms. The summed E-state index contributed by atoms with van der Waals surface area (Å²) in [5.74, 6) is 0. The SMILES string of the molecule is CN(Cc1ccccn1)S(=O)(=O)c1cnccc1Cl. The topological polar surface area (TPSA) is 63.2 Å². The van der Waals surface area contributed by atoms with E-state index in [1.54, 1.807) is 24.4 Å². The molecule has 0 amide bonds. The number of aromatic nitrogens is 2. The quantitative estimate of drug-likeness (QED) is 0.865. The molecule has 19 heavy (non-hydrogen) atoms. The molecular formula is C12H12ClN3O2S. The Kier molecular flexibility index (Phi) is 4.14. The van der Waals surface area contributed by atoms with Crippen LogP contribution >= 0.6 is 11.6 Å². The van der Waals surface area contributed by atoms with E-state index in [1.807, 2.05) is 0 Å². The lowest BCUT2D eigenvalue weighted by molar-refractivity contribution is 0.462. The molecule has 0 spiro atoms. The van der Waals surface area contributed by atoms with Crippen molar-refractivity contribution < 1.29 is 8.42 Å². The van der Waals surface area contributed by atoms with Crippen molar-refractivity contribution in [3.8, 4) is 0 Å². The third-order valence-corrected chi connectivity index (χ3v) is 4.81. The second-order valence-corrected chi connectivity index (χ2v) is 6.31. The summed E-state index contributed by atoms with van der Waals surface area (Å²) in [6.07, 6.45) is 4.31. The highest BCUT2D eigenvalue weighted by molar-refractivity contribution is 7.89. The van der Waals surface area contributed by atoms with Crippen molar-refractivity contribution in [3.63, 3.8) is 0 Å². The molecule has 2 heterocycles. The van der Waals surface area contributed by atoms with Crippen LogP contribution in [0.25, 0.3) is 0 Å². The van der Waals surface area contributed by atoms with Gasteiger partial charge in [0, 0.05) is 25.6 Å². The fraction of sp³-hybridized carbons (Fsp3) is 0.167. The van der Waals surface area contributed by atoms with E-state index in [1.165, 1.54) is 29.8 Å². The van der Waals surface area contributed by atoms with Crippen LogP contribution in [-0.2, 0) is 16.6 Å². The number of pyridine rings is 2. The van der Waals surface area contributed by atoms with Crippen LogP contribution in [0.4, 0.5) is 0 Å². The van der Waals surface area contributed by atoms with Crippen LogP contribution in [0.1, 0.15) is 5.69 Å². The molecule has 0 bridgehead atoms. The predicted octanol–water partition coefficient (Wildman–Crippen LogP) is 1.95. The Hall–Kier alpha value is -1.50. The third kappa shape index (κ3) is 3.09. The van der Waals surface area contributed by atoms with Crippen molar-refractivity contribution >= 4 is 21.6 Å². The maximum Gasteiger partial charge on any atom is 0.246 e. The molecule has 0 aromatic carbocycles. The van der Waals surface area contributed by atoms with Crippen molar-refractivity contribution in [2.45, 2.75) is 11.4 Å². The average Bonchev–Trinajstić information content (AvgIpc) is 2.40. The molecule has 100 valence electrons. The largest absolute Gasteiger partial charge is 0.263 e. The van der Waals surface area contributed by atoms with Gasteiger partial charge >= 0.3 is 0 Å². The first-order valence-corrected chi connectivity index (χ1v) is 7.29. The summed E-state index contributed by atoms with van der Waals surface area (Å²) in [7, 11) is -2.19. The van der Waals surface area contributed by atoms with Crippen molar-refractivity contribution in [2.24, 2.45) is 0 Å². The summed E-state index contributed by atoms with van der Waals surface area (Å²) < 4.78 is 25.9. The van der Waals surface area contributed by atoms with Crippen molar-refractivity contribution in [1.82, 2.24) is 14.3 Å². The normalized spacial score (nSPS) is 11.7. The highest BCUT2D eigenvalue weighted by atomic mass is 35.5. The summed E-state index contributed by atoms with van der Waals surface area (Å²) in [6.45, 7) is 0.175. The Morgan fingerprint density at radius 3 is 2.68 bits per heavy atom. The first-order chi connectivity index (χ1) is 9.01. The summed E-state index contributed by atoms with van der Waals surface area (Å²) >= 11 is 5.89. The number of halogens is 1. The molecule has 2 aromatic rings. The van der Waals surface area contributed by atoms with Gasteiger partial charge < -0.3 is 0 Å². The minimum Gasteiger partial charge on any atom is -0.263 e. The molecule has 0 radical (unpaired) electrons. The minimum absolute atomic E-state index is 0.00454. The van der Waals surface area contributed by atoms with Crippen LogP contribution in [0.15, 0.2) is 47.8 Å². The lowest BCUT2D eigenvalue weighted by atomic mass is 10.3. The molecule has 0 N–H and O–H groups in total. The average molecular weight is 298 g/mol. The molecule has 5 nitrogen and oxygen atoms in total. The Bertz CT molecular complexity index is 662. The first kappa shape index (κ1) is 13.9. The molecule has 0 fully saturated rings. The Balaban J connectivity index is 2.28. The lowest BCUT2D eigenvalue weighted by Gasteiger charge is -2.17. The summed E-state index contributed by atoms with van der Waals surface area (Å²) in [5.41, 5.74) is 0.661. The lowest BCUT2D eigenvalue weighted by Crippen LogP contribution is -2.27. The van der Waals surface area contributed by atoms with Crippen molar-refractivity contribution in [1.29, 1.82) is 0 Å². The van der Waals surface area contributed by atoms with Gasteiger partial charge in [0.15, 0.2) is 0 Å². The van der Waals surface area contributed by atoms with Gasteiger partial charge in [0.25, 0.3) is 0 Å². The zero-order valence-electron chi connectivity index (χ0n) is 10.2. The van der Waals surface area contributed by atoms with Gasteiger partial charge in [-0.15, -0.1) is 0 Å². The number of sulfonamides is 1. The van der Waals surface area contributed by atoms with Gasteiger partial charge in [0.1, 0.15) is 4.90 Å². The van der Waals surface area contributed by atoms with E-state index >= 15 is 0 Å². The van der Waals surface area contributed by atoms with E-state index in [9.17, 15) is 8.42 Å².